The number of halogens is 1. The molecule has 0 N–H and O–H groups in total. The van der Waals surface area contributed by atoms with E-state index in [0.717, 1.165) is 30.9 Å². The van der Waals surface area contributed by atoms with Gasteiger partial charge in [-0.05, 0) is 42.8 Å². The summed E-state index contributed by atoms with van der Waals surface area (Å²) < 4.78 is 18.8. The summed E-state index contributed by atoms with van der Waals surface area (Å²) >= 11 is 0. The van der Waals surface area contributed by atoms with E-state index in [1.165, 1.54) is 12.1 Å². The Morgan fingerprint density at radius 3 is 2.40 bits per heavy atom. The maximum Gasteiger partial charge on any atom is 0.253 e. The van der Waals surface area contributed by atoms with Gasteiger partial charge in [0.1, 0.15) is 18.2 Å². The molecular weight excluding hydrogens is 319 g/mol. The Bertz CT molecular complexity index is 710. The second-order valence-electron chi connectivity index (χ2n) is 6.25. The average Bonchev–Trinajstić information content (AvgIpc) is 2.64. The zero-order valence-electron chi connectivity index (χ0n) is 14.5. The summed E-state index contributed by atoms with van der Waals surface area (Å²) in [5.74, 6) is 0.568. The Labute approximate surface area is 147 Å². The van der Waals surface area contributed by atoms with E-state index >= 15 is 0 Å². The van der Waals surface area contributed by atoms with Gasteiger partial charge in [-0.3, -0.25) is 9.69 Å². The lowest BCUT2D eigenvalue weighted by molar-refractivity contribution is 0.0620. The predicted molar refractivity (Wildman–Crippen MR) is 95.4 cm³/mol. The van der Waals surface area contributed by atoms with E-state index in [-0.39, 0.29) is 11.7 Å². The second-order valence-corrected chi connectivity index (χ2v) is 6.25. The first-order valence-electron chi connectivity index (χ1n) is 8.59. The smallest absolute Gasteiger partial charge is 0.253 e. The van der Waals surface area contributed by atoms with Gasteiger partial charge in [-0.2, -0.15) is 0 Å². The summed E-state index contributed by atoms with van der Waals surface area (Å²) in [6, 6.07) is 13.7. The van der Waals surface area contributed by atoms with Crippen molar-refractivity contribution in [3.8, 4) is 5.75 Å². The van der Waals surface area contributed by atoms with E-state index in [0.29, 0.717) is 25.3 Å². The maximum atomic E-state index is 13.0. The number of carbonyl (C=O) groups is 1. The normalized spacial score (nSPS) is 15.2. The molecule has 2 aromatic rings. The highest BCUT2D eigenvalue weighted by molar-refractivity contribution is 5.94. The maximum absolute atomic E-state index is 13.0. The zero-order chi connectivity index (χ0) is 17.6. The SMILES string of the molecule is Cc1ccccc1OCCN1CCN(C(=O)c2ccc(F)cc2)CC1. The molecule has 1 aliphatic rings. The van der Waals surface area contributed by atoms with Crippen molar-refractivity contribution in [1.29, 1.82) is 0 Å². The van der Waals surface area contributed by atoms with Crippen LogP contribution in [0.5, 0.6) is 5.75 Å². The number of carbonyl (C=O) groups excluding carboxylic acids is 1. The fraction of sp³-hybridized carbons (Fsp3) is 0.350. The topological polar surface area (TPSA) is 32.8 Å². The molecule has 1 heterocycles. The Morgan fingerprint density at radius 1 is 1.04 bits per heavy atom. The van der Waals surface area contributed by atoms with Gasteiger partial charge in [-0.15, -0.1) is 0 Å². The number of para-hydroxylation sites is 1. The molecule has 0 aromatic heterocycles. The van der Waals surface area contributed by atoms with Gasteiger partial charge in [-0.25, -0.2) is 4.39 Å². The van der Waals surface area contributed by atoms with E-state index in [9.17, 15) is 9.18 Å². The van der Waals surface area contributed by atoms with Crippen LogP contribution in [0, 0.1) is 12.7 Å². The molecule has 0 saturated carbocycles. The van der Waals surface area contributed by atoms with Gasteiger partial charge in [-0.1, -0.05) is 18.2 Å². The van der Waals surface area contributed by atoms with E-state index in [2.05, 4.69) is 4.90 Å². The van der Waals surface area contributed by atoms with E-state index in [1.807, 2.05) is 36.1 Å². The molecular formula is C20H23FN2O2. The Morgan fingerprint density at radius 2 is 1.72 bits per heavy atom. The molecule has 0 unspecified atom stereocenters. The highest BCUT2D eigenvalue weighted by Crippen LogP contribution is 2.16. The van der Waals surface area contributed by atoms with Gasteiger partial charge in [0.25, 0.3) is 5.91 Å². The standard InChI is InChI=1S/C20H23FN2O2/c1-16-4-2-3-5-19(16)25-15-14-22-10-12-23(13-11-22)20(24)17-6-8-18(21)9-7-17/h2-9H,10-15H2,1H3. The van der Waals surface area contributed by atoms with Crippen molar-refractivity contribution in [3.63, 3.8) is 0 Å². The van der Waals surface area contributed by atoms with Crippen molar-refractivity contribution >= 4 is 5.91 Å². The fourth-order valence-electron chi connectivity index (χ4n) is 2.95. The molecule has 1 aliphatic heterocycles. The molecule has 0 radical (unpaired) electrons. The lowest BCUT2D eigenvalue weighted by atomic mass is 10.2. The first-order valence-corrected chi connectivity index (χ1v) is 8.59. The summed E-state index contributed by atoms with van der Waals surface area (Å²) in [5.41, 5.74) is 1.68. The number of ether oxygens (including phenoxy) is 1. The minimum absolute atomic E-state index is 0.0317. The number of nitrogens with zero attached hydrogens (tertiary/aromatic N) is 2. The third kappa shape index (κ3) is 4.57. The van der Waals surface area contributed by atoms with Crippen molar-refractivity contribution in [2.75, 3.05) is 39.3 Å². The number of amides is 1. The predicted octanol–water partition coefficient (Wildman–Crippen LogP) is 2.97. The van der Waals surface area contributed by atoms with Crippen LogP contribution in [-0.2, 0) is 0 Å². The number of rotatable bonds is 5. The van der Waals surface area contributed by atoms with Crippen LogP contribution in [0.2, 0.25) is 0 Å². The number of benzene rings is 2. The molecule has 0 aliphatic carbocycles. The van der Waals surface area contributed by atoms with Gasteiger partial charge >= 0.3 is 0 Å². The van der Waals surface area contributed by atoms with Crippen LogP contribution >= 0.6 is 0 Å². The third-order valence-electron chi connectivity index (χ3n) is 4.51. The van der Waals surface area contributed by atoms with Crippen LogP contribution in [0.4, 0.5) is 4.39 Å². The van der Waals surface area contributed by atoms with Crippen LogP contribution in [-0.4, -0.2) is 55.0 Å². The molecule has 132 valence electrons. The first-order chi connectivity index (χ1) is 12.1. The number of hydrogen-bond donors (Lipinski definition) is 0. The molecule has 5 heteroatoms. The molecule has 2 aromatic carbocycles. The number of aryl methyl sites for hydroxylation is 1. The van der Waals surface area contributed by atoms with Gasteiger partial charge in [0.15, 0.2) is 0 Å². The van der Waals surface area contributed by atoms with E-state index in [1.54, 1.807) is 12.1 Å². The van der Waals surface area contributed by atoms with Gasteiger partial charge in [0.2, 0.25) is 0 Å². The van der Waals surface area contributed by atoms with Gasteiger partial charge in [0.05, 0.1) is 0 Å². The summed E-state index contributed by atoms with van der Waals surface area (Å²) in [6.07, 6.45) is 0. The molecule has 0 spiro atoms. The van der Waals surface area contributed by atoms with Crippen molar-refractivity contribution in [1.82, 2.24) is 9.80 Å². The summed E-state index contributed by atoms with van der Waals surface area (Å²) in [6.45, 7) is 6.52. The minimum atomic E-state index is -0.324. The molecule has 0 bridgehead atoms. The van der Waals surface area contributed by atoms with Crippen LogP contribution in [0.15, 0.2) is 48.5 Å². The zero-order valence-corrected chi connectivity index (χ0v) is 14.5. The molecule has 1 fully saturated rings. The first kappa shape index (κ1) is 17.4. The largest absolute Gasteiger partial charge is 0.492 e. The number of hydrogen-bond acceptors (Lipinski definition) is 3. The summed E-state index contributed by atoms with van der Waals surface area (Å²) in [4.78, 5) is 16.5. The second kappa shape index (κ2) is 8.12. The van der Waals surface area contributed by atoms with E-state index in [4.69, 9.17) is 4.74 Å². The highest BCUT2D eigenvalue weighted by atomic mass is 19.1. The molecule has 25 heavy (non-hydrogen) atoms. The molecule has 3 rings (SSSR count). The highest BCUT2D eigenvalue weighted by Gasteiger charge is 2.22. The van der Waals surface area contributed by atoms with Crippen molar-refractivity contribution in [2.45, 2.75) is 6.92 Å². The van der Waals surface area contributed by atoms with Crippen molar-refractivity contribution in [2.24, 2.45) is 0 Å². The van der Waals surface area contributed by atoms with Gasteiger partial charge in [0, 0.05) is 38.3 Å². The quantitative estimate of drug-likeness (QED) is 0.837. The summed E-state index contributed by atoms with van der Waals surface area (Å²) in [5, 5.41) is 0. The van der Waals surface area contributed by atoms with Crippen LogP contribution in [0.25, 0.3) is 0 Å². The van der Waals surface area contributed by atoms with Crippen molar-refractivity contribution < 1.29 is 13.9 Å². The van der Waals surface area contributed by atoms with E-state index < -0.39 is 0 Å². The Balaban J connectivity index is 1.43. The summed E-state index contributed by atoms with van der Waals surface area (Å²) in [7, 11) is 0. The Kier molecular flexibility index (Phi) is 5.66. The van der Waals surface area contributed by atoms with Crippen LogP contribution < -0.4 is 4.74 Å². The van der Waals surface area contributed by atoms with Gasteiger partial charge < -0.3 is 9.64 Å². The van der Waals surface area contributed by atoms with Crippen LogP contribution in [0.1, 0.15) is 15.9 Å². The van der Waals surface area contributed by atoms with Crippen LogP contribution in [0.3, 0.4) is 0 Å². The lowest BCUT2D eigenvalue weighted by Gasteiger charge is -2.34. The molecule has 0 atom stereocenters. The Hall–Kier alpha value is -2.40. The minimum Gasteiger partial charge on any atom is -0.492 e. The molecule has 1 saturated heterocycles. The molecule has 4 nitrogen and oxygen atoms in total. The fourth-order valence-corrected chi connectivity index (χ4v) is 2.95. The molecule has 1 amide bonds. The number of piperazine rings is 1. The average molecular weight is 342 g/mol. The monoisotopic (exact) mass is 342 g/mol. The third-order valence-corrected chi connectivity index (χ3v) is 4.51. The lowest BCUT2D eigenvalue weighted by Crippen LogP contribution is -2.49. The van der Waals surface area contributed by atoms with Crippen molar-refractivity contribution in [3.05, 3.63) is 65.5 Å².